The van der Waals surface area contributed by atoms with Gasteiger partial charge < -0.3 is 19.1 Å². The Labute approximate surface area is 153 Å². The number of carboxylic acid groups (broad SMARTS) is 1. The van der Waals surface area contributed by atoms with Gasteiger partial charge in [-0.05, 0) is 35.9 Å². The number of carboxylic acids is 1. The lowest BCUT2D eigenvalue weighted by molar-refractivity contribution is -0.131. The van der Waals surface area contributed by atoms with Gasteiger partial charge in [-0.15, -0.1) is 0 Å². The van der Waals surface area contributed by atoms with E-state index in [4.69, 9.17) is 14.6 Å². The fourth-order valence-electron chi connectivity index (χ4n) is 2.95. The summed E-state index contributed by atoms with van der Waals surface area (Å²) in [6, 6.07) is 11.9. The molecular weight excluding hydrogens is 332 g/mol. The Morgan fingerprint density at radius 2 is 2.08 bits per heavy atom. The van der Waals surface area contributed by atoms with Crippen LogP contribution in [0.15, 0.2) is 48.7 Å². The summed E-state index contributed by atoms with van der Waals surface area (Å²) in [5.74, 6) is -0.100. The Bertz CT molecular complexity index is 748. The molecule has 1 aromatic carbocycles. The zero-order chi connectivity index (χ0) is 18.2. The maximum atomic E-state index is 10.6. The second-order valence-corrected chi connectivity index (χ2v) is 6.18. The zero-order valence-corrected chi connectivity index (χ0v) is 14.7. The van der Waals surface area contributed by atoms with Crippen LogP contribution in [0.3, 0.4) is 0 Å². The second kappa shape index (κ2) is 9.22. The van der Waals surface area contributed by atoms with Gasteiger partial charge in [0.1, 0.15) is 12.4 Å². The Morgan fingerprint density at radius 1 is 1.23 bits per heavy atom. The van der Waals surface area contributed by atoms with Crippen LogP contribution in [0.5, 0.6) is 5.75 Å². The summed E-state index contributed by atoms with van der Waals surface area (Å²) in [5, 5.41) is 8.74. The number of carbonyl (C=O) groups is 1. The molecule has 6 heteroatoms. The molecule has 0 amide bonds. The largest absolute Gasteiger partial charge is 0.492 e. The van der Waals surface area contributed by atoms with Crippen LogP contribution in [0.25, 0.3) is 6.08 Å². The van der Waals surface area contributed by atoms with Gasteiger partial charge in [0.2, 0.25) is 0 Å². The van der Waals surface area contributed by atoms with Crippen molar-refractivity contribution in [1.29, 1.82) is 0 Å². The van der Waals surface area contributed by atoms with Crippen molar-refractivity contribution in [3.63, 3.8) is 0 Å². The lowest BCUT2D eigenvalue weighted by Gasteiger charge is -2.26. The summed E-state index contributed by atoms with van der Waals surface area (Å²) in [4.78, 5) is 13.0. The summed E-state index contributed by atoms with van der Waals surface area (Å²) in [5.41, 5.74) is 2.08. The second-order valence-electron chi connectivity index (χ2n) is 6.18. The average molecular weight is 356 g/mol. The van der Waals surface area contributed by atoms with E-state index in [0.717, 1.165) is 50.4 Å². The Kier molecular flexibility index (Phi) is 6.46. The summed E-state index contributed by atoms with van der Waals surface area (Å²) in [6.07, 6.45) is 4.65. The normalized spacial score (nSPS) is 15.4. The summed E-state index contributed by atoms with van der Waals surface area (Å²) < 4.78 is 13.2. The highest BCUT2D eigenvalue weighted by molar-refractivity contribution is 5.84. The fourth-order valence-corrected chi connectivity index (χ4v) is 2.95. The predicted octanol–water partition coefficient (Wildman–Crippen LogP) is 2.50. The molecule has 1 saturated heterocycles. The minimum Gasteiger partial charge on any atom is -0.492 e. The molecule has 0 atom stereocenters. The Balaban J connectivity index is 1.51. The van der Waals surface area contributed by atoms with E-state index in [1.807, 2.05) is 35.0 Å². The van der Waals surface area contributed by atoms with Crippen molar-refractivity contribution in [3.8, 4) is 5.75 Å². The number of aromatic nitrogens is 1. The molecule has 3 rings (SSSR count). The molecule has 2 aromatic rings. The number of hydrogen-bond donors (Lipinski definition) is 1. The van der Waals surface area contributed by atoms with E-state index in [9.17, 15) is 4.79 Å². The molecule has 1 aromatic heterocycles. The summed E-state index contributed by atoms with van der Waals surface area (Å²) >= 11 is 0. The molecule has 0 unspecified atom stereocenters. The van der Waals surface area contributed by atoms with Crippen molar-refractivity contribution >= 4 is 12.0 Å². The van der Waals surface area contributed by atoms with Crippen LogP contribution in [0, 0.1) is 0 Å². The van der Waals surface area contributed by atoms with Crippen molar-refractivity contribution in [1.82, 2.24) is 9.47 Å². The molecule has 26 heavy (non-hydrogen) atoms. The molecule has 0 aliphatic carbocycles. The van der Waals surface area contributed by atoms with Crippen LogP contribution < -0.4 is 4.74 Å². The van der Waals surface area contributed by atoms with Crippen molar-refractivity contribution < 1.29 is 19.4 Å². The Hall–Kier alpha value is -2.57. The van der Waals surface area contributed by atoms with Gasteiger partial charge in [0.15, 0.2) is 0 Å². The highest BCUT2D eigenvalue weighted by Crippen LogP contribution is 2.16. The van der Waals surface area contributed by atoms with E-state index in [2.05, 4.69) is 17.0 Å². The first kappa shape index (κ1) is 18.2. The molecule has 1 aliphatic heterocycles. The van der Waals surface area contributed by atoms with Crippen LogP contribution in [-0.2, 0) is 22.6 Å². The highest BCUT2D eigenvalue weighted by Gasteiger charge is 2.11. The van der Waals surface area contributed by atoms with Gasteiger partial charge in [0, 0.05) is 37.6 Å². The third-order valence-corrected chi connectivity index (χ3v) is 4.27. The molecule has 2 heterocycles. The van der Waals surface area contributed by atoms with Gasteiger partial charge >= 0.3 is 5.97 Å². The molecule has 6 nitrogen and oxygen atoms in total. The van der Waals surface area contributed by atoms with Gasteiger partial charge in [-0.25, -0.2) is 4.79 Å². The maximum absolute atomic E-state index is 10.6. The molecule has 0 bridgehead atoms. The smallest absolute Gasteiger partial charge is 0.328 e. The number of morpholine rings is 1. The monoisotopic (exact) mass is 356 g/mol. The SMILES string of the molecule is O=C(O)C=Cc1cccn1CCOc1cccc(CN2CCOCC2)c1. The van der Waals surface area contributed by atoms with Crippen molar-refractivity contribution in [2.45, 2.75) is 13.1 Å². The molecule has 0 spiro atoms. The molecule has 1 aliphatic rings. The fraction of sp³-hybridized carbons (Fsp3) is 0.350. The molecule has 0 radical (unpaired) electrons. The highest BCUT2D eigenvalue weighted by atomic mass is 16.5. The van der Waals surface area contributed by atoms with Gasteiger partial charge in [-0.3, -0.25) is 4.90 Å². The third-order valence-electron chi connectivity index (χ3n) is 4.27. The third kappa shape index (κ3) is 5.47. The molecule has 0 saturated carbocycles. The lowest BCUT2D eigenvalue weighted by atomic mass is 10.2. The maximum Gasteiger partial charge on any atom is 0.328 e. The molecule has 138 valence electrons. The first-order valence-electron chi connectivity index (χ1n) is 8.79. The first-order chi connectivity index (χ1) is 12.7. The van der Waals surface area contributed by atoms with E-state index in [1.54, 1.807) is 6.08 Å². The molecular formula is C20H24N2O4. The van der Waals surface area contributed by atoms with E-state index in [1.165, 1.54) is 5.56 Å². The van der Waals surface area contributed by atoms with Crippen LogP contribution in [0.4, 0.5) is 0 Å². The van der Waals surface area contributed by atoms with Crippen LogP contribution in [0.2, 0.25) is 0 Å². The van der Waals surface area contributed by atoms with Crippen molar-refractivity contribution in [2.75, 3.05) is 32.9 Å². The summed E-state index contributed by atoms with van der Waals surface area (Å²) in [6.45, 7) is 5.60. The minimum absolute atomic E-state index is 0.517. The van der Waals surface area contributed by atoms with Gasteiger partial charge in [0.25, 0.3) is 0 Å². The number of aliphatic carboxylic acids is 1. The number of hydrogen-bond acceptors (Lipinski definition) is 4. The molecule has 1 N–H and O–H groups in total. The van der Waals surface area contributed by atoms with Gasteiger partial charge in [0.05, 0.1) is 19.8 Å². The van der Waals surface area contributed by atoms with Crippen molar-refractivity contribution in [3.05, 3.63) is 59.9 Å². The van der Waals surface area contributed by atoms with Crippen molar-refractivity contribution in [2.24, 2.45) is 0 Å². The van der Waals surface area contributed by atoms with Crippen LogP contribution in [0.1, 0.15) is 11.3 Å². The number of nitrogens with zero attached hydrogens (tertiary/aromatic N) is 2. The van der Waals surface area contributed by atoms with Gasteiger partial charge in [-0.2, -0.15) is 0 Å². The van der Waals surface area contributed by atoms with Crippen LogP contribution in [-0.4, -0.2) is 53.5 Å². The van der Waals surface area contributed by atoms with E-state index >= 15 is 0 Å². The van der Waals surface area contributed by atoms with E-state index in [-0.39, 0.29) is 0 Å². The first-order valence-corrected chi connectivity index (χ1v) is 8.79. The minimum atomic E-state index is -0.953. The lowest BCUT2D eigenvalue weighted by Crippen LogP contribution is -2.35. The number of rotatable bonds is 8. The summed E-state index contributed by atoms with van der Waals surface area (Å²) in [7, 11) is 0. The molecule has 1 fully saturated rings. The number of benzene rings is 1. The van der Waals surface area contributed by atoms with E-state index in [0.29, 0.717) is 13.2 Å². The van der Waals surface area contributed by atoms with E-state index < -0.39 is 5.97 Å². The predicted molar refractivity (Wildman–Crippen MR) is 99.1 cm³/mol. The topological polar surface area (TPSA) is 63.9 Å². The Morgan fingerprint density at radius 3 is 2.88 bits per heavy atom. The quantitative estimate of drug-likeness (QED) is 0.736. The zero-order valence-electron chi connectivity index (χ0n) is 14.7. The number of ether oxygens (including phenoxy) is 2. The van der Waals surface area contributed by atoms with Gasteiger partial charge in [-0.1, -0.05) is 12.1 Å². The average Bonchev–Trinajstić information content (AvgIpc) is 3.09. The van der Waals surface area contributed by atoms with Crippen LogP contribution >= 0.6 is 0 Å². The standard InChI is InChI=1S/C20H24N2O4/c23-20(24)7-6-18-4-2-8-22(18)11-14-26-19-5-1-3-17(15-19)16-21-9-12-25-13-10-21/h1-8,15H,9-14,16H2,(H,23,24).